The largest absolute Gasteiger partial charge is 0.497 e. The Morgan fingerprint density at radius 1 is 0.725 bits per heavy atom. The number of ketones is 1. The minimum atomic E-state index is -0.437. The summed E-state index contributed by atoms with van der Waals surface area (Å²) in [5.74, 6) is -1.14. The molecule has 3 aromatic rings. The van der Waals surface area contributed by atoms with Crippen LogP contribution >= 0.6 is 0 Å². The van der Waals surface area contributed by atoms with E-state index in [1.807, 2.05) is 24.3 Å². The third-order valence-electron chi connectivity index (χ3n) is 8.58. The summed E-state index contributed by atoms with van der Waals surface area (Å²) in [6, 6.07) is 23.1. The highest BCUT2D eigenvalue weighted by molar-refractivity contribution is 6.07. The van der Waals surface area contributed by atoms with Crippen LogP contribution in [-0.2, 0) is 19.1 Å². The van der Waals surface area contributed by atoms with E-state index in [0.29, 0.717) is 37.1 Å². The number of carbonyl (C=O) groups is 4. The van der Waals surface area contributed by atoms with E-state index in [0.717, 1.165) is 0 Å². The lowest BCUT2D eigenvalue weighted by Gasteiger charge is -2.45. The zero-order valence-electron chi connectivity index (χ0n) is 22.4. The van der Waals surface area contributed by atoms with Crippen LogP contribution in [0.4, 0.5) is 0 Å². The second-order valence-corrected chi connectivity index (χ2v) is 10.7. The van der Waals surface area contributed by atoms with Gasteiger partial charge in [-0.25, -0.2) is 0 Å². The summed E-state index contributed by atoms with van der Waals surface area (Å²) < 4.78 is 10.2. The number of unbranched alkanes of at least 4 members (excludes halogenated alkanes) is 2. The van der Waals surface area contributed by atoms with Gasteiger partial charge in [-0.1, -0.05) is 55.0 Å². The van der Waals surface area contributed by atoms with Gasteiger partial charge in [-0.2, -0.15) is 0 Å². The molecule has 3 aliphatic carbocycles. The Hall–Kier alpha value is -4.26. The number of benzene rings is 3. The molecule has 40 heavy (non-hydrogen) atoms. The smallest absolute Gasteiger partial charge is 0.306 e. The lowest BCUT2D eigenvalue weighted by molar-refractivity contribution is -0.143. The van der Waals surface area contributed by atoms with Gasteiger partial charge >= 0.3 is 5.97 Å². The topological polar surface area (TPSA) is 90.0 Å². The van der Waals surface area contributed by atoms with Crippen LogP contribution in [0.2, 0.25) is 0 Å². The molecular formula is C33H31NO6. The Morgan fingerprint density at radius 2 is 1.25 bits per heavy atom. The molecule has 204 valence electrons. The molecule has 1 aliphatic heterocycles. The van der Waals surface area contributed by atoms with Crippen LogP contribution in [0.25, 0.3) is 0 Å². The van der Waals surface area contributed by atoms with Crippen molar-refractivity contribution in [3.63, 3.8) is 0 Å². The van der Waals surface area contributed by atoms with Crippen LogP contribution < -0.4 is 4.74 Å². The number of rotatable bonds is 10. The summed E-state index contributed by atoms with van der Waals surface area (Å²) in [6.45, 7) is 0.0413. The lowest BCUT2D eigenvalue weighted by Crippen LogP contribution is -2.41. The average Bonchev–Trinajstić information content (AvgIpc) is 3.25. The first kappa shape index (κ1) is 26.0. The Balaban J connectivity index is 1.01. The van der Waals surface area contributed by atoms with Crippen molar-refractivity contribution in [1.82, 2.24) is 4.90 Å². The maximum Gasteiger partial charge on any atom is 0.306 e. The molecule has 1 fully saturated rings. The van der Waals surface area contributed by atoms with Crippen molar-refractivity contribution in [3.8, 4) is 5.75 Å². The molecule has 7 rings (SSSR count). The third kappa shape index (κ3) is 4.39. The van der Waals surface area contributed by atoms with Gasteiger partial charge in [0.25, 0.3) is 0 Å². The number of imide groups is 1. The number of Topliss-reactive ketones (excluding diaryl/α,β-unsaturated/α-hetero) is 1. The van der Waals surface area contributed by atoms with E-state index in [1.165, 1.54) is 27.2 Å². The fraction of sp³-hybridized carbons (Fsp3) is 0.333. The zero-order valence-corrected chi connectivity index (χ0v) is 22.4. The van der Waals surface area contributed by atoms with Crippen molar-refractivity contribution in [2.75, 3.05) is 20.3 Å². The van der Waals surface area contributed by atoms with E-state index in [-0.39, 0.29) is 54.3 Å². The van der Waals surface area contributed by atoms with Gasteiger partial charge in [-0.15, -0.1) is 0 Å². The van der Waals surface area contributed by atoms with Crippen LogP contribution in [0.15, 0.2) is 72.8 Å². The molecule has 7 nitrogen and oxygen atoms in total. The van der Waals surface area contributed by atoms with E-state index >= 15 is 0 Å². The highest BCUT2D eigenvalue weighted by Crippen LogP contribution is 2.60. The van der Waals surface area contributed by atoms with Gasteiger partial charge in [-0.3, -0.25) is 24.1 Å². The SMILES string of the molecule is COc1ccc(C(=O)COC(=O)CCCCCN2C(=O)[C@H]3C4c5ccccc5C(c5ccccc54)[C@@H]3C2=O)cc1. The number of amides is 2. The third-order valence-corrected chi connectivity index (χ3v) is 8.58. The first-order valence-corrected chi connectivity index (χ1v) is 13.9. The van der Waals surface area contributed by atoms with Crippen molar-refractivity contribution >= 4 is 23.6 Å². The molecule has 0 radical (unpaired) electrons. The Morgan fingerprint density at radius 3 is 1.75 bits per heavy atom. The van der Waals surface area contributed by atoms with Crippen LogP contribution in [0.5, 0.6) is 5.75 Å². The van der Waals surface area contributed by atoms with Crippen molar-refractivity contribution in [3.05, 3.63) is 101 Å². The summed E-state index contributed by atoms with van der Waals surface area (Å²) in [5.41, 5.74) is 5.12. The number of likely N-dealkylation sites (tertiary alicyclic amines) is 1. The van der Waals surface area contributed by atoms with E-state index in [2.05, 4.69) is 24.3 Å². The molecule has 7 heteroatoms. The maximum atomic E-state index is 13.6. The zero-order chi connectivity index (χ0) is 27.8. The Bertz CT molecular complexity index is 1360. The number of methoxy groups -OCH3 is 1. The van der Waals surface area contributed by atoms with E-state index in [9.17, 15) is 19.2 Å². The van der Waals surface area contributed by atoms with Crippen LogP contribution in [0.3, 0.4) is 0 Å². The quantitative estimate of drug-likeness (QED) is 0.159. The fourth-order valence-corrected chi connectivity index (χ4v) is 6.75. The van der Waals surface area contributed by atoms with Crippen molar-refractivity contribution in [1.29, 1.82) is 0 Å². The second-order valence-electron chi connectivity index (χ2n) is 10.7. The summed E-state index contributed by atoms with van der Waals surface area (Å²) in [4.78, 5) is 53.1. The molecular weight excluding hydrogens is 506 g/mol. The number of esters is 1. The van der Waals surface area contributed by atoms with Crippen LogP contribution in [0, 0.1) is 11.8 Å². The molecule has 3 aromatic carbocycles. The predicted molar refractivity (Wildman–Crippen MR) is 147 cm³/mol. The minimum Gasteiger partial charge on any atom is -0.497 e. The van der Waals surface area contributed by atoms with E-state index < -0.39 is 5.97 Å². The molecule has 2 bridgehead atoms. The molecule has 2 amide bonds. The van der Waals surface area contributed by atoms with Gasteiger partial charge < -0.3 is 9.47 Å². The van der Waals surface area contributed by atoms with Crippen LogP contribution in [0.1, 0.15) is 70.1 Å². The molecule has 0 spiro atoms. The number of carbonyl (C=O) groups excluding carboxylic acids is 4. The molecule has 4 aliphatic rings. The lowest BCUT2D eigenvalue weighted by atomic mass is 9.55. The van der Waals surface area contributed by atoms with Crippen molar-refractivity contribution in [2.45, 2.75) is 37.5 Å². The summed E-state index contributed by atoms with van der Waals surface area (Å²) in [5, 5.41) is 0. The number of hydrogen-bond donors (Lipinski definition) is 0. The van der Waals surface area contributed by atoms with Gasteiger partial charge in [0.15, 0.2) is 12.4 Å². The molecule has 0 unspecified atom stereocenters. The highest BCUT2D eigenvalue weighted by Gasteiger charge is 2.61. The fourth-order valence-electron chi connectivity index (χ4n) is 6.75. The molecule has 1 saturated heterocycles. The number of ether oxygens (including phenoxy) is 2. The van der Waals surface area contributed by atoms with Crippen molar-refractivity contribution < 1.29 is 28.7 Å². The van der Waals surface area contributed by atoms with E-state index in [1.54, 1.807) is 31.4 Å². The monoisotopic (exact) mass is 537 g/mol. The molecule has 0 aromatic heterocycles. The molecule has 0 N–H and O–H groups in total. The summed E-state index contributed by atoms with van der Waals surface area (Å²) in [7, 11) is 1.55. The Labute approximate surface area is 233 Å². The standard InChI is InChI=1S/C33H31NO6/c1-39-21-16-14-20(15-17-21)26(35)19-40-27(36)13-3-2-8-18-34-32(37)30-28-22-9-4-5-10-23(22)29(31(30)33(34)38)25-12-7-6-11-24(25)28/h4-7,9-12,14-17,28-31H,2-3,8,13,18-19H2,1H3/t28?,29?,30-,31-/m0/s1. The second kappa shape index (κ2) is 10.7. The van der Waals surface area contributed by atoms with Gasteiger partial charge in [0, 0.05) is 30.4 Å². The minimum absolute atomic E-state index is 0.0783. The number of nitrogens with zero attached hydrogens (tertiary/aromatic N) is 1. The van der Waals surface area contributed by atoms with Crippen molar-refractivity contribution in [2.24, 2.45) is 11.8 Å². The van der Waals surface area contributed by atoms with E-state index in [4.69, 9.17) is 9.47 Å². The first-order chi connectivity index (χ1) is 19.5. The van der Waals surface area contributed by atoms with Gasteiger partial charge in [-0.05, 0) is 59.4 Å². The normalized spacial score (nSPS) is 22.0. The molecule has 0 saturated carbocycles. The van der Waals surface area contributed by atoms with Gasteiger partial charge in [0.2, 0.25) is 11.8 Å². The number of hydrogen-bond acceptors (Lipinski definition) is 6. The first-order valence-electron chi connectivity index (χ1n) is 13.9. The summed E-state index contributed by atoms with van der Waals surface area (Å²) >= 11 is 0. The Kier molecular flexibility index (Phi) is 6.96. The van der Waals surface area contributed by atoms with Gasteiger partial charge in [0.05, 0.1) is 18.9 Å². The van der Waals surface area contributed by atoms with Crippen LogP contribution in [-0.4, -0.2) is 48.7 Å². The maximum absolute atomic E-state index is 13.6. The molecule has 2 atom stereocenters. The predicted octanol–water partition coefficient (Wildman–Crippen LogP) is 4.87. The highest BCUT2D eigenvalue weighted by atomic mass is 16.5. The molecule has 1 heterocycles. The summed E-state index contributed by atoms with van der Waals surface area (Å²) in [6.07, 6.45) is 2.02. The average molecular weight is 538 g/mol. The van der Waals surface area contributed by atoms with Gasteiger partial charge in [0.1, 0.15) is 5.75 Å².